The molecule has 7 nitrogen and oxygen atoms in total. The van der Waals surface area contributed by atoms with Crippen LogP contribution in [0.1, 0.15) is 67.9 Å². The molecule has 1 fully saturated rings. The summed E-state index contributed by atoms with van der Waals surface area (Å²) in [5.74, 6) is -2.10. The molecule has 3 unspecified atom stereocenters. The molecule has 0 saturated heterocycles. The molecular weight excluding hydrogens is 489 g/mol. The number of hydrogen-bond acceptors (Lipinski definition) is 4. The van der Waals surface area contributed by atoms with Crippen molar-refractivity contribution in [3.63, 3.8) is 0 Å². The number of amides is 2. The van der Waals surface area contributed by atoms with Crippen LogP contribution in [0.4, 0.5) is 18.9 Å². The van der Waals surface area contributed by atoms with Crippen LogP contribution in [-0.4, -0.2) is 46.2 Å². The summed E-state index contributed by atoms with van der Waals surface area (Å²) in [4.78, 5) is 41.6. The van der Waals surface area contributed by atoms with Gasteiger partial charge in [0.2, 0.25) is 5.91 Å². The lowest BCUT2D eigenvalue weighted by molar-refractivity contribution is -0.274. The van der Waals surface area contributed by atoms with Gasteiger partial charge < -0.3 is 19.6 Å². The van der Waals surface area contributed by atoms with Crippen LogP contribution in [0.25, 0.3) is 0 Å². The third-order valence-corrected chi connectivity index (χ3v) is 7.03. The number of carbonyl (C=O) groups excluding carboxylic acids is 2. The molecule has 10 heteroatoms. The highest BCUT2D eigenvalue weighted by molar-refractivity contribution is 6.07. The fourth-order valence-corrected chi connectivity index (χ4v) is 5.69. The monoisotopic (exact) mass is 518 g/mol. The van der Waals surface area contributed by atoms with Crippen molar-refractivity contribution in [2.45, 2.75) is 70.4 Å². The predicted molar refractivity (Wildman–Crippen MR) is 129 cm³/mol. The van der Waals surface area contributed by atoms with Crippen molar-refractivity contribution in [2.75, 3.05) is 4.90 Å². The molecule has 0 bridgehead atoms. The first-order chi connectivity index (χ1) is 17.5. The molecule has 37 heavy (non-hydrogen) atoms. The molecule has 1 N–H and O–H groups in total. The van der Waals surface area contributed by atoms with Gasteiger partial charge in [-0.15, -0.1) is 13.2 Å². The maximum Gasteiger partial charge on any atom is 0.573 e. The van der Waals surface area contributed by atoms with Crippen LogP contribution in [0.3, 0.4) is 0 Å². The van der Waals surface area contributed by atoms with Crippen molar-refractivity contribution >= 4 is 23.5 Å². The Morgan fingerprint density at radius 1 is 1.05 bits per heavy atom. The van der Waals surface area contributed by atoms with E-state index in [1.165, 1.54) is 12.1 Å². The number of benzene rings is 2. The van der Waals surface area contributed by atoms with E-state index in [9.17, 15) is 27.6 Å². The topological polar surface area (TPSA) is 87.2 Å². The van der Waals surface area contributed by atoms with Crippen LogP contribution < -0.4 is 9.64 Å². The SMILES string of the molecule is CC(C)N(C(=O)CCC(=O)O)C1c2ccccc2N(C(=O)c2ccc(OC(F)(F)F)cc2)C2CCCC21. The fraction of sp³-hybridized carbons (Fsp3) is 0.444. The second-order valence-corrected chi connectivity index (χ2v) is 9.70. The Balaban J connectivity index is 1.71. The summed E-state index contributed by atoms with van der Waals surface area (Å²) in [6.07, 6.45) is -2.86. The van der Waals surface area contributed by atoms with E-state index in [1.807, 2.05) is 32.0 Å². The summed E-state index contributed by atoms with van der Waals surface area (Å²) < 4.78 is 41.6. The van der Waals surface area contributed by atoms with Crippen molar-refractivity contribution in [2.24, 2.45) is 5.92 Å². The Morgan fingerprint density at radius 3 is 2.35 bits per heavy atom. The number of carboxylic acid groups (broad SMARTS) is 1. The first-order valence-corrected chi connectivity index (χ1v) is 12.3. The minimum Gasteiger partial charge on any atom is -0.481 e. The smallest absolute Gasteiger partial charge is 0.481 e. The van der Waals surface area contributed by atoms with Crippen LogP contribution in [0, 0.1) is 5.92 Å². The van der Waals surface area contributed by atoms with Gasteiger partial charge in [0.1, 0.15) is 5.75 Å². The van der Waals surface area contributed by atoms with Gasteiger partial charge in [-0.2, -0.15) is 0 Å². The van der Waals surface area contributed by atoms with E-state index < -0.39 is 18.1 Å². The molecule has 0 radical (unpaired) electrons. The molecule has 1 aliphatic heterocycles. The molecule has 2 aromatic carbocycles. The summed E-state index contributed by atoms with van der Waals surface area (Å²) in [6.45, 7) is 3.79. The number of carboxylic acids is 1. The van der Waals surface area contributed by atoms with E-state index in [2.05, 4.69) is 4.74 Å². The maximum atomic E-state index is 13.7. The molecule has 4 rings (SSSR count). The number of alkyl halides is 3. The van der Waals surface area contributed by atoms with Crippen molar-refractivity contribution < 1.29 is 37.4 Å². The van der Waals surface area contributed by atoms with E-state index in [0.717, 1.165) is 30.5 Å². The lowest BCUT2D eigenvalue weighted by Gasteiger charge is -2.48. The van der Waals surface area contributed by atoms with Crippen LogP contribution in [0.2, 0.25) is 0 Å². The minimum atomic E-state index is -4.83. The number of ether oxygens (including phenoxy) is 1. The molecule has 1 heterocycles. The molecule has 198 valence electrons. The molecule has 0 spiro atoms. The fourth-order valence-electron chi connectivity index (χ4n) is 5.69. The summed E-state index contributed by atoms with van der Waals surface area (Å²) in [7, 11) is 0. The Labute approximate surface area is 212 Å². The van der Waals surface area contributed by atoms with E-state index in [4.69, 9.17) is 5.11 Å². The van der Waals surface area contributed by atoms with Gasteiger partial charge in [0.15, 0.2) is 0 Å². The lowest BCUT2D eigenvalue weighted by atomic mass is 9.80. The Hall–Kier alpha value is -3.56. The molecule has 0 aromatic heterocycles. The number of fused-ring (bicyclic) bond motifs is 2. The predicted octanol–water partition coefficient (Wildman–Crippen LogP) is 5.56. The van der Waals surface area contributed by atoms with Crippen molar-refractivity contribution in [3.8, 4) is 5.75 Å². The number of rotatable bonds is 7. The molecule has 2 amide bonds. The third-order valence-electron chi connectivity index (χ3n) is 7.03. The highest BCUT2D eigenvalue weighted by atomic mass is 19.4. The van der Waals surface area contributed by atoms with Gasteiger partial charge in [-0.3, -0.25) is 14.4 Å². The zero-order valence-electron chi connectivity index (χ0n) is 20.6. The Morgan fingerprint density at radius 2 is 1.73 bits per heavy atom. The number of hydrogen-bond donors (Lipinski definition) is 1. The zero-order valence-corrected chi connectivity index (χ0v) is 20.6. The van der Waals surface area contributed by atoms with Crippen LogP contribution >= 0.6 is 0 Å². The largest absolute Gasteiger partial charge is 0.573 e. The number of nitrogens with zero attached hydrogens (tertiary/aromatic N) is 2. The molecule has 1 saturated carbocycles. The summed E-state index contributed by atoms with van der Waals surface area (Å²) >= 11 is 0. The zero-order chi connectivity index (χ0) is 26.9. The minimum absolute atomic E-state index is 0.0668. The van der Waals surface area contributed by atoms with E-state index >= 15 is 0 Å². The van der Waals surface area contributed by atoms with Crippen molar-refractivity contribution in [1.29, 1.82) is 0 Å². The molecule has 2 aliphatic rings. The van der Waals surface area contributed by atoms with E-state index in [0.29, 0.717) is 12.1 Å². The lowest BCUT2D eigenvalue weighted by Crippen LogP contribution is -2.53. The first kappa shape index (κ1) is 26.5. The molecular formula is C27H29F3N2O5. The van der Waals surface area contributed by atoms with Gasteiger partial charge in [-0.05, 0) is 62.6 Å². The summed E-state index contributed by atoms with van der Waals surface area (Å²) in [5, 5.41) is 9.10. The van der Waals surface area contributed by atoms with E-state index in [1.54, 1.807) is 15.9 Å². The van der Waals surface area contributed by atoms with Crippen LogP contribution in [0.5, 0.6) is 5.75 Å². The highest BCUT2D eigenvalue weighted by Crippen LogP contribution is 2.51. The van der Waals surface area contributed by atoms with Gasteiger partial charge in [0, 0.05) is 35.7 Å². The number of carbonyl (C=O) groups is 3. The van der Waals surface area contributed by atoms with E-state index in [-0.39, 0.29) is 54.3 Å². The summed E-state index contributed by atoms with van der Waals surface area (Å²) in [6, 6.07) is 11.5. The van der Waals surface area contributed by atoms with Crippen LogP contribution in [0.15, 0.2) is 48.5 Å². The van der Waals surface area contributed by atoms with Gasteiger partial charge >= 0.3 is 12.3 Å². The quantitative estimate of drug-likeness (QED) is 0.519. The number of para-hydroxylation sites is 1. The van der Waals surface area contributed by atoms with Crippen LogP contribution in [-0.2, 0) is 9.59 Å². The number of halogens is 3. The van der Waals surface area contributed by atoms with Gasteiger partial charge in [0.25, 0.3) is 5.91 Å². The maximum absolute atomic E-state index is 13.7. The third kappa shape index (κ3) is 5.57. The standard InChI is InChI=1S/C27H29F3N2O5/c1-16(2)31(23(33)14-15-24(34)35)25-19-6-3-4-8-21(19)32(22-9-5-7-20(22)25)26(36)17-10-12-18(13-11-17)37-27(28,29)30/h3-4,6,8,10-13,16,20,22,25H,5,7,9,14-15H2,1-2H3,(H,34,35). The van der Waals surface area contributed by atoms with Crippen molar-refractivity contribution in [1.82, 2.24) is 4.90 Å². The Kier molecular flexibility index (Phi) is 7.47. The number of anilines is 1. The average Bonchev–Trinajstić information content (AvgIpc) is 3.31. The molecule has 3 atom stereocenters. The number of aliphatic carboxylic acids is 1. The highest BCUT2D eigenvalue weighted by Gasteiger charge is 2.49. The van der Waals surface area contributed by atoms with Gasteiger partial charge in [0.05, 0.1) is 12.5 Å². The van der Waals surface area contributed by atoms with Crippen molar-refractivity contribution in [3.05, 3.63) is 59.7 Å². The second-order valence-electron chi connectivity index (χ2n) is 9.70. The summed E-state index contributed by atoms with van der Waals surface area (Å²) in [5.41, 5.74) is 1.67. The first-order valence-electron chi connectivity index (χ1n) is 12.3. The van der Waals surface area contributed by atoms with Gasteiger partial charge in [-0.1, -0.05) is 24.6 Å². The molecule has 2 aromatic rings. The average molecular weight is 519 g/mol. The normalized spacial score (nSPS) is 20.8. The van der Waals surface area contributed by atoms with Gasteiger partial charge in [-0.25, -0.2) is 0 Å². The Bertz CT molecular complexity index is 1170. The molecule has 1 aliphatic carbocycles. The second kappa shape index (κ2) is 10.4.